The standard InChI is InChI=1S/C2H6O6S2.Li.H/c3-9(4,5)1-2-10(6,7)8;;/h1-2H2,(H,3,4,5)(H,6,7,8);;. The molecule has 0 aromatic rings. The average molecular weight is 198 g/mol. The van der Waals surface area contributed by atoms with E-state index in [0.29, 0.717) is 0 Å². The van der Waals surface area contributed by atoms with Gasteiger partial charge in [0.25, 0.3) is 20.2 Å². The molecular formula is C2H7LiO6S2. The molecule has 0 saturated carbocycles. The zero-order valence-electron chi connectivity index (χ0n) is 4.76. The summed E-state index contributed by atoms with van der Waals surface area (Å²) in [6, 6.07) is 0. The molecule has 9 heteroatoms. The van der Waals surface area contributed by atoms with Crippen LogP contribution in [0.25, 0.3) is 0 Å². The fourth-order valence-electron chi connectivity index (χ4n) is 0.211. The SMILES string of the molecule is O=S(=O)(O)CCS(=O)(=O)O.[LiH]. The van der Waals surface area contributed by atoms with Crippen LogP contribution in [-0.4, -0.2) is 56.3 Å². The van der Waals surface area contributed by atoms with Gasteiger partial charge in [-0.15, -0.1) is 0 Å². The van der Waals surface area contributed by atoms with Gasteiger partial charge in [0.05, 0.1) is 11.5 Å². The van der Waals surface area contributed by atoms with E-state index in [1.165, 1.54) is 0 Å². The first kappa shape index (κ1) is 14.0. The van der Waals surface area contributed by atoms with Gasteiger partial charge in [-0.3, -0.25) is 9.11 Å². The molecule has 0 aromatic heterocycles. The molecule has 0 bridgehead atoms. The first-order valence-electron chi connectivity index (χ1n) is 2.11. The van der Waals surface area contributed by atoms with E-state index in [4.69, 9.17) is 9.11 Å². The minimum absolute atomic E-state index is 0. The van der Waals surface area contributed by atoms with Crippen LogP contribution < -0.4 is 0 Å². The Morgan fingerprint density at radius 1 is 0.818 bits per heavy atom. The van der Waals surface area contributed by atoms with Crippen molar-refractivity contribution in [3.8, 4) is 0 Å². The molecule has 0 amide bonds. The van der Waals surface area contributed by atoms with Crippen LogP contribution >= 0.6 is 0 Å². The first-order valence-corrected chi connectivity index (χ1v) is 5.33. The van der Waals surface area contributed by atoms with Crippen LogP contribution in [0.2, 0.25) is 0 Å². The molecule has 11 heavy (non-hydrogen) atoms. The van der Waals surface area contributed by atoms with Crippen LogP contribution in [0.4, 0.5) is 0 Å². The van der Waals surface area contributed by atoms with Gasteiger partial charge in [-0.1, -0.05) is 0 Å². The van der Waals surface area contributed by atoms with Gasteiger partial charge in [0.1, 0.15) is 0 Å². The van der Waals surface area contributed by atoms with Crippen molar-refractivity contribution in [1.29, 1.82) is 0 Å². The normalized spacial score (nSPS) is 12.2. The van der Waals surface area contributed by atoms with Crippen molar-refractivity contribution in [2.24, 2.45) is 0 Å². The van der Waals surface area contributed by atoms with Gasteiger partial charge in [-0.25, -0.2) is 0 Å². The average Bonchev–Trinajstić information content (AvgIpc) is 1.57. The van der Waals surface area contributed by atoms with Crippen molar-refractivity contribution in [3.63, 3.8) is 0 Å². The molecule has 0 unspecified atom stereocenters. The molecule has 0 aliphatic carbocycles. The Morgan fingerprint density at radius 2 is 1.00 bits per heavy atom. The fourth-order valence-corrected chi connectivity index (χ4v) is 1.90. The summed E-state index contributed by atoms with van der Waals surface area (Å²) in [6.45, 7) is 0. The summed E-state index contributed by atoms with van der Waals surface area (Å²) in [6.07, 6.45) is 0. The predicted octanol–water partition coefficient (Wildman–Crippen LogP) is -1.89. The number of rotatable bonds is 3. The Kier molecular flexibility index (Phi) is 5.65. The van der Waals surface area contributed by atoms with Gasteiger partial charge < -0.3 is 0 Å². The summed E-state index contributed by atoms with van der Waals surface area (Å²) in [5.74, 6) is -1.96. The maximum absolute atomic E-state index is 9.86. The third-order valence-electron chi connectivity index (χ3n) is 0.599. The molecule has 0 rings (SSSR count). The van der Waals surface area contributed by atoms with E-state index in [1.54, 1.807) is 0 Å². The quantitative estimate of drug-likeness (QED) is 0.405. The summed E-state index contributed by atoms with van der Waals surface area (Å²) in [5, 5.41) is 0. The van der Waals surface area contributed by atoms with E-state index in [-0.39, 0.29) is 18.9 Å². The van der Waals surface area contributed by atoms with Crippen molar-refractivity contribution in [1.82, 2.24) is 0 Å². The second kappa shape index (κ2) is 4.44. The van der Waals surface area contributed by atoms with Crippen molar-refractivity contribution < 1.29 is 25.9 Å². The topological polar surface area (TPSA) is 109 Å². The second-order valence-electron chi connectivity index (χ2n) is 1.57. The summed E-state index contributed by atoms with van der Waals surface area (Å²) < 4.78 is 55.4. The summed E-state index contributed by atoms with van der Waals surface area (Å²) in [4.78, 5) is 0. The zero-order valence-corrected chi connectivity index (χ0v) is 6.39. The van der Waals surface area contributed by atoms with Crippen molar-refractivity contribution >= 4 is 39.1 Å². The van der Waals surface area contributed by atoms with E-state index < -0.39 is 31.7 Å². The molecule has 0 radical (unpaired) electrons. The molecule has 0 aliphatic heterocycles. The van der Waals surface area contributed by atoms with Gasteiger partial charge in [0.15, 0.2) is 0 Å². The Morgan fingerprint density at radius 3 is 1.09 bits per heavy atom. The molecule has 0 spiro atoms. The molecule has 0 atom stereocenters. The molecule has 64 valence electrons. The second-order valence-corrected chi connectivity index (χ2v) is 4.72. The Bertz CT molecular complexity index is 255. The van der Waals surface area contributed by atoms with Crippen LogP contribution in [0.3, 0.4) is 0 Å². The minimum atomic E-state index is -4.30. The van der Waals surface area contributed by atoms with E-state index in [9.17, 15) is 16.8 Å². The molecule has 0 fully saturated rings. The zero-order chi connectivity index (χ0) is 8.41. The molecular weight excluding hydrogens is 191 g/mol. The summed E-state index contributed by atoms with van der Waals surface area (Å²) in [5.41, 5.74) is 0. The molecule has 2 N–H and O–H groups in total. The van der Waals surface area contributed by atoms with Gasteiger partial charge in [-0.05, 0) is 0 Å². The monoisotopic (exact) mass is 198 g/mol. The van der Waals surface area contributed by atoms with Gasteiger partial charge in [0, 0.05) is 0 Å². The van der Waals surface area contributed by atoms with E-state index in [0.717, 1.165) is 0 Å². The van der Waals surface area contributed by atoms with E-state index in [2.05, 4.69) is 0 Å². The number of hydrogen-bond donors (Lipinski definition) is 2. The Labute approximate surface area is 76.7 Å². The number of hydrogen-bond acceptors (Lipinski definition) is 4. The van der Waals surface area contributed by atoms with Crippen molar-refractivity contribution in [3.05, 3.63) is 0 Å². The van der Waals surface area contributed by atoms with E-state index >= 15 is 0 Å². The molecule has 0 aromatic carbocycles. The van der Waals surface area contributed by atoms with E-state index in [1.807, 2.05) is 0 Å². The van der Waals surface area contributed by atoms with Crippen LogP contribution in [0.15, 0.2) is 0 Å². The van der Waals surface area contributed by atoms with Crippen LogP contribution in [0.5, 0.6) is 0 Å². The Balaban J connectivity index is 0. The van der Waals surface area contributed by atoms with Crippen LogP contribution in [0.1, 0.15) is 0 Å². The van der Waals surface area contributed by atoms with Gasteiger partial charge in [-0.2, -0.15) is 16.8 Å². The fraction of sp³-hybridized carbons (Fsp3) is 1.00. The van der Waals surface area contributed by atoms with Gasteiger partial charge >= 0.3 is 18.9 Å². The molecule has 0 saturated heterocycles. The predicted molar refractivity (Wildman–Crippen MR) is 40.0 cm³/mol. The molecule has 0 heterocycles. The van der Waals surface area contributed by atoms with Crippen molar-refractivity contribution in [2.45, 2.75) is 0 Å². The summed E-state index contributed by atoms with van der Waals surface area (Å²) in [7, 11) is -8.59. The molecule has 0 aliphatic rings. The maximum atomic E-state index is 9.86. The van der Waals surface area contributed by atoms with Crippen LogP contribution in [-0.2, 0) is 20.2 Å². The van der Waals surface area contributed by atoms with Crippen LogP contribution in [0, 0.1) is 0 Å². The first-order chi connectivity index (χ1) is 4.21. The molecule has 6 nitrogen and oxygen atoms in total. The Hall–Kier alpha value is 0.417. The summed E-state index contributed by atoms with van der Waals surface area (Å²) >= 11 is 0. The van der Waals surface area contributed by atoms with Gasteiger partial charge in [0.2, 0.25) is 0 Å². The third-order valence-corrected chi connectivity index (χ3v) is 2.30. The third kappa shape index (κ3) is 13.4. The van der Waals surface area contributed by atoms with Crippen molar-refractivity contribution in [2.75, 3.05) is 11.5 Å².